The number of rotatable bonds is 6. The second-order valence-electron chi connectivity index (χ2n) is 6.88. The summed E-state index contributed by atoms with van der Waals surface area (Å²) in [6.07, 6.45) is 4.10. The van der Waals surface area contributed by atoms with Crippen LogP contribution in [-0.4, -0.2) is 72.1 Å². The van der Waals surface area contributed by atoms with Crippen molar-refractivity contribution in [2.75, 3.05) is 33.4 Å². The first-order valence-corrected chi connectivity index (χ1v) is 8.76. The van der Waals surface area contributed by atoms with Crippen LogP contribution in [0.15, 0.2) is 0 Å². The fraction of sp³-hybridized carbons (Fsp3) is 0.824. The average molecular weight is 340 g/mol. The molecule has 0 spiro atoms. The first-order chi connectivity index (χ1) is 11.4. The number of hydrogen-bond donors (Lipinski definition) is 1. The van der Waals surface area contributed by atoms with E-state index in [1.165, 1.54) is 7.11 Å². The molecule has 2 saturated heterocycles. The van der Waals surface area contributed by atoms with Crippen LogP contribution in [0.3, 0.4) is 0 Å². The molecule has 2 aliphatic heterocycles. The van der Waals surface area contributed by atoms with Crippen LogP contribution in [0.1, 0.15) is 45.4 Å². The lowest BCUT2D eigenvalue weighted by Gasteiger charge is -2.37. The summed E-state index contributed by atoms with van der Waals surface area (Å²) in [7, 11) is 1.47. The molecule has 0 saturated carbocycles. The van der Waals surface area contributed by atoms with Gasteiger partial charge in [-0.2, -0.15) is 0 Å². The third kappa shape index (κ3) is 3.71. The highest BCUT2D eigenvalue weighted by molar-refractivity contribution is 5.89. The van der Waals surface area contributed by atoms with Crippen molar-refractivity contribution < 1.29 is 24.2 Å². The SMILES string of the molecule is CCCC(=O)N1CCCCC1C(=O)N1CCC(COC)(C(=O)O)C1. The molecule has 2 aliphatic rings. The lowest BCUT2D eigenvalue weighted by atomic mass is 9.88. The fourth-order valence-corrected chi connectivity index (χ4v) is 3.75. The third-order valence-electron chi connectivity index (χ3n) is 5.11. The second kappa shape index (κ2) is 7.96. The number of piperidine rings is 1. The van der Waals surface area contributed by atoms with Gasteiger partial charge in [0.05, 0.1) is 6.61 Å². The summed E-state index contributed by atoms with van der Waals surface area (Å²) in [6.45, 7) is 3.22. The minimum Gasteiger partial charge on any atom is -0.481 e. The summed E-state index contributed by atoms with van der Waals surface area (Å²) in [5.74, 6) is -1.02. The van der Waals surface area contributed by atoms with Gasteiger partial charge >= 0.3 is 5.97 Å². The van der Waals surface area contributed by atoms with Crippen LogP contribution in [-0.2, 0) is 19.1 Å². The number of carboxylic acids is 1. The van der Waals surface area contributed by atoms with Gasteiger partial charge in [-0.3, -0.25) is 14.4 Å². The van der Waals surface area contributed by atoms with Gasteiger partial charge in [-0.25, -0.2) is 0 Å². The van der Waals surface area contributed by atoms with E-state index in [1.807, 2.05) is 6.92 Å². The molecule has 7 heteroatoms. The maximum Gasteiger partial charge on any atom is 0.313 e. The molecule has 0 bridgehead atoms. The molecular formula is C17H28N2O5. The molecule has 0 aromatic carbocycles. The van der Waals surface area contributed by atoms with E-state index in [-0.39, 0.29) is 25.0 Å². The van der Waals surface area contributed by atoms with Gasteiger partial charge in [-0.15, -0.1) is 0 Å². The van der Waals surface area contributed by atoms with E-state index < -0.39 is 17.4 Å². The first-order valence-electron chi connectivity index (χ1n) is 8.76. The van der Waals surface area contributed by atoms with Crippen molar-refractivity contribution >= 4 is 17.8 Å². The highest BCUT2D eigenvalue weighted by atomic mass is 16.5. The number of methoxy groups -OCH3 is 1. The molecule has 2 rings (SSSR count). The Labute approximate surface area is 142 Å². The monoisotopic (exact) mass is 340 g/mol. The minimum atomic E-state index is -1.03. The van der Waals surface area contributed by atoms with Gasteiger partial charge in [0.2, 0.25) is 11.8 Å². The molecule has 7 nitrogen and oxygen atoms in total. The zero-order valence-electron chi connectivity index (χ0n) is 14.6. The third-order valence-corrected chi connectivity index (χ3v) is 5.11. The van der Waals surface area contributed by atoms with Crippen LogP contribution in [0.2, 0.25) is 0 Å². The van der Waals surface area contributed by atoms with Crippen LogP contribution in [0, 0.1) is 5.41 Å². The number of carbonyl (C=O) groups excluding carboxylic acids is 2. The van der Waals surface area contributed by atoms with Crippen LogP contribution in [0.25, 0.3) is 0 Å². The fourth-order valence-electron chi connectivity index (χ4n) is 3.75. The number of aliphatic carboxylic acids is 1. The summed E-state index contributed by atoms with van der Waals surface area (Å²) in [5.41, 5.74) is -1.03. The Hall–Kier alpha value is -1.63. The van der Waals surface area contributed by atoms with Gasteiger partial charge in [-0.05, 0) is 32.1 Å². The van der Waals surface area contributed by atoms with Crippen LogP contribution >= 0.6 is 0 Å². The maximum atomic E-state index is 12.9. The van der Waals surface area contributed by atoms with E-state index >= 15 is 0 Å². The quantitative estimate of drug-likeness (QED) is 0.783. The Morgan fingerprint density at radius 2 is 2.00 bits per heavy atom. The zero-order valence-corrected chi connectivity index (χ0v) is 14.6. The van der Waals surface area contributed by atoms with E-state index in [4.69, 9.17) is 4.74 Å². The molecule has 2 amide bonds. The van der Waals surface area contributed by atoms with E-state index in [9.17, 15) is 19.5 Å². The standard InChI is InChI=1S/C17H28N2O5/c1-3-6-14(20)19-9-5-4-7-13(19)15(21)18-10-8-17(11-18,12-24-2)16(22)23/h13H,3-12H2,1-2H3,(H,22,23). The lowest BCUT2D eigenvalue weighted by molar-refractivity contribution is -0.153. The summed E-state index contributed by atoms with van der Waals surface area (Å²) >= 11 is 0. The van der Waals surface area contributed by atoms with Crippen molar-refractivity contribution in [3.05, 3.63) is 0 Å². The van der Waals surface area contributed by atoms with Gasteiger partial charge in [0.1, 0.15) is 11.5 Å². The number of hydrogen-bond acceptors (Lipinski definition) is 4. The Balaban J connectivity index is 2.09. The van der Waals surface area contributed by atoms with Crippen LogP contribution in [0.5, 0.6) is 0 Å². The highest BCUT2D eigenvalue weighted by Gasteiger charge is 2.48. The Morgan fingerprint density at radius 3 is 2.62 bits per heavy atom. The van der Waals surface area contributed by atoms with Crippen molar-refractivity contribution in [2.45, 2.75) is 51.5 Å². The highest BCUT2D eigenvalue weighted by Crippen LogP contribution is 2.33. The molecule has 0 aliphatic carbocycles. The molecule has 2 fully saturated rings. The predicted molar refractivity (Wildman–Crippen MR) is 87.4 cm³/mol. The summed E-state index contributed by atoms with van der Waals surface area (Å²) in [4.78, 5) is 40.2. The Bertz CT molecular complexity index is 495. The number of nitrogens with zero attached hydrogens (tertiary/aromatic N) is 2. The van der Waals surface area contributed by atoms with E-state index in [2.05, 4.69) is 0 Å². The molecule has 136 valence electrons. The maximum absolute atomic E-state index is 12.9. The molecule has 0 aromatic rings. The van der Waals surface area contributed by atoms with Crippen molar-refractivity contribution in [2.24, 2.45) is 5.41 Å². The summed E-state index contributed by atoms with van der Waals surface area (Å²) in [6, 6.07) is -0.440. The number of likely N-dealkylation sites (tertiary alicyclic amines) is 2. The molecule has 2 heterocycles. The number of ether oxygens (including phenoxy) is 1. The average Bonchev–Trinajstić information content (AvgIpc) is 3.00. The molecule has 1 N–H and O–H groups in total. The van der Waals surface area contributed by atoms with Crippen LogP contribution in [0.4, 0.5) is 0 Å². The normalized spacial score (nSPS) is 27.3. The molecule has 0 radical (unpaired) electrons. The predicted octanol–water partition coefficient (Wildman–Crippen LogP) is 1.12. The molecule has 2 atom stereocenters. The molecular weight excluding hydrogens is 312 g/mol. The molecule has 2 unspecified atom stereocenters. The number of amides is 2. The largest absolute Gasteiger partial charge is 0.481 e. The lowest BCUT2D eigenvalue weighted by Crippen LogP contribution is -2.53. The van der Waals surface area contributed by atoms with Crippen molar-refractivity contribution in [1.29, 1.82) is 0 Å². The second-order valence-corrected chi connectivity index (χ2v) is 6.88. The van der Waals surface area contributed by atoms with Crippen molar-refractivity contribution in [3.63, 3.8) is 0 Å². The van der Waals surface area contributed by atoms with Crippen molar-refractivity contribution in [3.8, 4) is 0 Å². The van der Waals surface area contributed by atoms with Crippen LogP contribution < -0.4 is 0 Å². The number of carboxylic acid groups (broad SMARTS) is 1. The minimum absolute atomic E-state index is 0.0242. The van der Waals surface area contributed by atoms with Gasteiger partial charge in [-0.1, -0.05) is 6.92 Å². The topological polar surface area (TPSA) is 87.2 Å². The Morgan fingerprint density at radius 1 is 1.25 bits per heavy atom. The van der Waals surface area contributed by atoms with Gasteiger partial charge in [0, 0.05) is 33.2 Å². The summed E-state index contributed by atoms with van der Waals surface area (Å²) in [5, 5.41) is 9.53. The van der Waals surface area contributed by atoms with E-state index in [1.54, 1.807) is 9.80 Å². The molecule has 0 aromatic heterocycles. The van der Waals surface area contributed by atoms with Gasteiger partial charge in [0.15, 0.2) is 0 Å². The first kappa shape index (κ1) is 18.7. The summed E-state index contributed by atoms with van der Waals surface area (Å²) < 4.78 is 5.07. The van der Waals surface area contributed by atoms with E-state index in [0.29, 0.717) is 32.4 Å². The molecule has 24 heavy (non-hydrogen) atoms. The van der Waals surface area contributed by atoms with E-state index in [0.717, 1.165) is 19.3 Å². The number of carbonyl (C=O) groups is 3. The zero-order chi connectivity index (χ0) is 17.7. The Kier molecular flexibility index (Phi) is 6.21. The smallest absolute Gasteiger partial charge is 0.313 e. The van der Waals surface area contributed by atoms with Gasteiger partial charge < -0.3 is 19.6 Å². The van der Waals surface area contributed by atoms with Gasteiger partial charge in [0.25, 0.3) is 0 Å². The van der Waals surface area contributed by atoms with Crippen molar-refractivity contribution in [1.82, 2.24) is 9.80 Å².